The summed E-state index contributed by atoms with van der Waals surface area (Å²) in [4.78, 5) is 14.6. The number of hydrogen-bond acceptors (Lipinski definition) is 1. The van der Waals surface area contributed by atoms with Gasteiger partial charge in [-0.3, -0.25) is 0 Å². The summed E-state index contributed by atoms with van der Waals surface area (Å²) in [5, 5.41) is 1.46. The third kappa shape index (κ3) is 5.49. The van der Waals surface area contributed by atoms with Crippen LogP contribution in [0.3, 0.4) is 0 Å². The first-order valence-electron chi connectivity index (χ1n) is 3.30. The second-order valence-electron chi connectivity index (χ2n) is 2.25. The van der Waals surface area contributed by atoms with Gasteiger partial charge in [-0.2, -0.15) is 17.5 Å². The molecule has 16 heavy (non-hydrogen) atoms. The molecule has 81 valence electrons. The Kier molecular flexibility index (Phi) is 18.3. The summed E-state index contributed by atoms with van der Waals surface area (Å²) in [5.74, 6) is 0. The van der Waals surface area contributed by atoms with E-state index in [4.69, 9.17) is 0 Å². The molecule has 1 aromatic heterocycles. The maximum absolute atomic E-state index is 11.0. The topological polar surface area (TPSA) is 31.2 Å². The summed E-state index contributed by atoms with van der Waals surface area (Å²) in [6, 6.07) is 10.2. The molecule has 1 aromatic carbocycles. The smallest absolute Gasteiger partial charge is 0.651 e. The van der Waals surface area contributed by atoms with E-state index in [1.165, 1.54) is 6.20 Å². The fourth-order valence-corrected chi connectivity index (χ4v) is 1.03. The molecule has 0 atom stereocenters. The standard InChI is InChI=1S/C9H6NO.2CH3.3V/c11-9-8-4-2-1-3-7(8)5-6-10-9;;;;;/h1-4,6H,(H,10,11);2*1H3;;;/q3*-1;;2*+2/p-1. The molecule has 0 N–H and O–H groups in total. The second-order valence-corrected chi connectivity index (χ2v) is 2.25. The number of fused-ring (bicyclic) bond motifs is 1. The number of nitrogens with zero attached hydrogens (tertiary/aromatic N) is 1. The predicted molar refractivity (Wildman–Crippen MR) is 55.2 cm³/mol. The molecule has 2 nitrogen and oxygen atoms in total. The first-order chi connectivity index (χ1) is 5.38. The third-order valence-corrected chi connectivity index (χ3v) is 1.56. The van der Waals surface area contributed by atoms with Gasteiger partial charge in [0, 0.05) is 24.1 Å². The van der Waals surface area contributed by atoms with Gasteiger partial charge in [0.05, 0.1) is 0 Å². The normalized spacial score (nSPS) is 7.00. The fourth-order valence-electron chi connectivity index (χ4n) is 1.03. The molecule has 0 aliphatic carbocycles. The zero-order valence-electron chi connectivity index (χ0n) is 9.08. The van der Waals surface area contributed by atoms with Gasteiger partial charge >= 0.3 is 37.1 Å². The van der Waals surface area contributed by atoms with Crippen molar-refractivity contribution in [3.05, 3.63) is 61.7 Å². The van der Waals surface area contributed by atoms with Gasteiger partial charge in [0.2, 0.25) is 0 Å². The van der Waals surface area contributed by atoms with Crippen LogP contribution in [0.15, 0.2) is 35.3 Å². The van der Waals surface area contributed by atoms with E-state index in [0.717, 1.165) is 5.39 Å². The van der Waals surface area contributed by atoms with Crippen molar-refractivity contribution in [1.82, 2.24) is 4.98 Å². The Balaban J connectivity index is -0.000000144. The van der Waals surface area contributed by atoms with E-state index in [0.29, 0.717) is 5.39 Å². The van der Waals surface area contributed by atoms with Crippen LogP contribution in [-0.4, -0.2) is 0 Å². The Morgan fingerprint density at radius 3 is 2.19 bits per heavy atom. The number of hydrogen-bond donors (Lipinski definition) is 0. The zero-order chi connectivity index (χ0) is 7.68. The van der Waals surface area contributed by atoms with Crippen molar-refractivity contribution in [3.63, 3.8) is 0 Å². The van der Waals surface area contributed by atoms with Crippen LogP contribution in [0.1, 0.15) is 0 Å². The molecule has 2 rings (SSSR count). The fraction of sp³-hybridized carbons (Fsp3) is 0. The van der Waals surface area contributed by atoms with E-state index in [2.05, 4.69) is 11.1 Å². The molecule has 2 aromatic rings. The van der Waals surface area contributed by atoms with Crippen molar-refractivity contribution in [2.45, 2.75) is 0 Å². The molecule has 5 heteroatoms. The number of aromatic nitrogens is 1. The predicted octanol–water partition coefficient (Wildman–Crippen LogP) is 1.85. The molecule has 0 amide bonds. The Hall–Kier alpha value is 0.183. The summed E-state index contributed by atoms with van der Waals surface area (Å²) < 4.78 is 0. The molecule has 1 heterocycles. The van der Waals surface area contributed by atoms with Crippen molar-refractivity contribution in [1.29, 1.82) is 0 Å². The van der Waals surface area contributed by atoms with Crippen LogP contribution >= 0.6 is 0 Å². The van der Waals surface area contributed by atoms with E-state index < -0.39 is 0 Å². The average Bonchev–Trinajstić information content (AvgIpc) is 2.06. The van der Waals surface area contributed by atoms with E-state index in [1.807, 2.05) is 18.2 Å². The maximum Gasteiger partial charge on any atom is 2.00 e. The largest absolute Gasteiger partial charge is 2.00 e. The van der Waals surface area contributed by atoms with Crippen LogP contribution in [-0.2, 0) is 55.7 Å². The summed E-state index contributed by atoms with van der Waals surface area (Å²) in [5.41, 5.74) is -0.181. The first-order valence-corrected chi connectivity index (χ1v) is 3.30. The molecule has 0 aliphatic heterocycles. The Morgan fingerprint density at radius 1 is 1.06 bits per heavy atom. The van der Waals surface area contributed by atoms with Gasteiger partial charge in [0.15, 0.2) is 0 Å². The van der Waals surface area contributed by atoms with Gasteiger partial charge in [0.25, 0.3) is 0 Å². The van der Waals surface area contributed by atoms with Gasteiger partial charge in [-0.05, 0) is 0 Å². The number of benzene rings is 1. The molecule has 0 spiro atoms. The van der Waals surface area contributed by atoms with Crippen molar-refractivity contribution < 1.29 is 55.7 Å². The zero-order valence-corrected chi connectivity index (χ0v) is 13.3. The molecule has 3 radical (unpaired) electrons. The molecular formula is C11H11NOV3. The van der Waals surface area contributed by atoms with Crippen molar-refractivity contribution in [2.24, 2.45) is 0 Å². The van der Waals surface area contributed by atoms with Gasteiger partial charge in [-0.15, -0.1) is 17.5 Å². The van der Waals surface area contributed by atoms with Crippen molar-refractivity contribution in [2.75, 3.05) is 0 Å². The average molecular weight is 326 g/mol. The molecule has 0 saturated carbocycles. The second kappa shape index (κ2) is 11.7. The van der Waals surface area contributed by atoms with Crippen LogP contribution in [0.5, 0.6) is 0 Å². The minimum atomic E-state index is -0.181. The summed E-state index contributed by atoms with van der Waals surface area (Å²) >= 11 is 0. The molecule has 0 unspecified atom stereocenters. The minimum absolute atomic E-state index is 0. The van der Waals surface area contributed by atoms with Crippen LogP contribution in [0.2, 0.25) is 0 Å². The van der Waals surface area contributed by atoms with Crippen molar-refractivity contribution in [3.8, 4) is 0 Å². The molecule has 0 aliphatic rings. The molecule has 0 bridgehead atoms. The van der Waals surface area contributed by atoms with E-state index in [-0.39, 0.29) is 76.1 Å². The van der Waals surface area contributed by atoms with Gasteiger partial charge < -0.3 is 24.6 Å². The van der Waals surface area contributed by atoms with E-state index in [1.54, 1.807) is 6.07 Å². The molecule has 0 fully saturated rings. The van der Waals surface area contributed by atoms with Gasteiger partial charge in [0.1, 0.15) is 0 Å². The summed E-state index contributed by atoms with van der Waals surface area (Å²) in [6.45, 7) is 0. The van der Waals surface area contributed by atoms with Crippen LogP contribution in [0.25, 0.3) is 10.8 Å². The van der Waals surface area contributed by atoms with Crippen LogP contribution < -0.4 is 10.5 Å². The molecule has 0 saturated heterocycles. The Bertz CT molecular complexity index is 437. The van der Waals surface area contributed by atoms with E-state index in [9.17, 15) is 4.79 Å². The van der Waals surface area contributed by atoms with E-state index >= 15 is 0 Å². The quantitative estimate of drug-likeness (QED) is 0.692. The number of rotatable bonds is 0. The van der Waals surface area contributed by atoms with Gasteiger partial charge in [-0.1, -0.05) is 6.07 Å². The first kappa shape index (κ1) is 25.1. The Morgan fingerprint density at radius 2 is 1.62 bits per heavy atom. The summed E-state index contributed by atoms with van der Waals surface area (Å²) in [7, 11) is 0. The van der Waals surface area contributed by atoms with Crippen molar-refractivity contribution >= 4 is 10.8 Å². The summed E-state index contributed by atoms with van der Waals surface area (Å²) in [6.07, 6.45) is 1.41. The van der Waals surface area contributed by atoms with Crippen LogP contribution in [0.4, 0.5) is 0 Å². The number of pyridine rings is 1. The maximum atomic E-state index is 11.0. The minimum Gasteiger partial charge on any atom is -0.651 e. The SMILES string of the molecule is O=c1[n-]c[c-]c2ccccc12.[CH3-].[CH3-].[V+2].[V+2].[V]. The van der Waals surface area contributed by atoms with Gasteiger partial charge in [-0.25, -0.2) is 6.20 Å². The Labute approximate surface area is 132 Å². The third-order valence-electron chi connectivity index (χ3n) is 1.56. The van der Waals surface area contributed by atoms with Crippen LogP contribution in [0, 0.1) is 20.9 Å². The monoisotopic (exact) mass is 326 g/mol. The molecular weight excluding hydrogens is 315 g/mol.